The number of methoxy groups -OCH3 is 2. The summed E-state index contributed by atoms with van der Waals surface area (Å²) in [5, 5.41) is 21.2. The van der Waals surface area contributed by atoms with Gasteiger partial charge in [0.2, 0.25) is 0 Å². The van der Waals surface area contributed by atoms with Crippen molar-refractivity contribution in [3.63, 3.8) is 0 Å². The zero-order chi connectivity index (χ0) is 24.3. The molecule has 1 fully saturated rings. The summed E-state index contributed by atoms with van der Waals surface area (Å²) in [6, 6.07) is 8.90. The molecule has 8 nitrogen and oxygen atoms in total. The van der Waals surface area contributed by atoms with E-state index in [4.69, 9.17) is 9.47 Å². The van der Waals surface area contributed by atoms with Crippen LogP contribution in [0.15, 0.2) is 42.0 Å². The number of aliphatic hydroxyl groups excluding tert-OH is 1. The molecule has 2 aromatic rings. The van der Waals surface area contributed by atoms with Crippen molar-refractivity contribution in [2.75, 3.05) is 41.4 Å². The van der Waals surface area contributed by atoms with Gasteiger partial charge in [-0.15, -0.1) is 0 Å². The Labute approximate surface area is 193 Å². The van der Waals surface area contributed by atoms with E-state index >= 15 is 0 Å². The van der Waals surface area contributed by atoms with Crippen LogP contribution in [0.1, 0.15) is 29.2 Å². The molecule has 2 aromatic carbocycles. The van der Waals surface area contributed by atoms with Gasteiger partial charge >= 0.3 is 0 Å². The van der Waals surface area contributed by atoms with Gasteiger partial charge in [0, 0.05) is 12.1 Å². The van der Waals surface area contributed by atoms with Crippen LogP contribution in [0.2, 0.25) is 0 Å². The smallest absolute Gasteiger partial charge is 0.295 e. The summed E-state index contributed by atoms with van der Waals surface area (Å²) in [5.41, 5.74) is 1.75. The Hall–Kier alpha value is -3.52. The van der Waals surface area contributed by atoms with Crippen molar-refractivity contribution >= 4 is 17.4 Å². The lowest BCUT2D eigenvalue weighted by molar-refractivity contribution is -0.139. The number of aromatic hydroxyl groups is 1. The Kier molecular flexibility index (Phi) is 7.28. The third-order valence-corrected chi connectivity index (χ3v) is 5.73. The first-order valence-corrected chi connectivity index (χ1v) is 10.6. The zero-order valence-electron chi connectivity index (χ0n) is 19.6. The van der Waals surface area contributed by atoms with E-state index in [0.717, 1.165) is 12.1 Å². The zero-order valence-corrected chi connectivity index (χ0v) is 19.6. The van der Waals surface area contributed by atoms with E-state index < -0.39 is 17.7 Å². The van der Waals surface area contributed by atoms with E-state index in [-0.39, 0.29) is 22.8 Å². The van der Waals surface area contributed by atoms with Gasteiger partial charge in [0.05, 0.1) is 25.8 Å². The first-order chi connectivity index (χ1) is 15.7. The number of Topliss-reactive ketones (excluding diaryl/α,β-unsaturated/α-hetero) is 1. The molecule has 0 aliphatic carbocycles. The first-order valence-electron chi connectivity index (χ1n) is 10.6. The van der Waals surface area contributed by atoms with Gasteiger partial charge in [0.25, 0.3) is 11.7 Å². The Morgan fingerprint density at radius 3 is 2.36 bits per heavy atom. The Morgan fingerprint density at radius 2 is 1.76 bits per heavy atom. The van der Waals surface area contributed by atoms with Gasteiger partial charge in [0.1, 0.15) is 11.5 Å². The summed E-state index contributed by atoms with van der Waals surface area (Å²) in [5.74, 6) is -0.870. The van der Waals surface area contributed by atoms with E-state index in [1.807, 2.05) is 25.9 Å². The average Bonchev–Trinajstić information content (AvgIpc) is 3.03. The van der Waals surface area contributed by atoms with Crippen molar-refractivity contribution < 1.29 is 29.3 Å². The second-order valence-corrected chi connectivity index (χ2v) is 8.27. The SMILES string of the molecule is COc1ccc(C(O)=C2C(=O)C(=O)N(CCCN(C)C)[C@H]2c2ccc(O)c(OC)c2)cc1C. The number of ketones is 1. The number of ether oxygens (including phenoxy) is 2. The van der Waals surface area contributed by atoms with Gasteiger partial charge in [0.15, 0.2) is 11.5 Å². The van der Waals surface area contributed by atoms with E-state index in [1.54, 1.807) is 37.4 Å². The molecule has 1 heterocycles. The molecule has 2 N–H and O–H groups in total. The molecule has 0 unspecified atom stereocenters. The van der Waals surface area contributed by atoms with Crippen molar-refractivity contribution in [3.05, 3.63) is 58.7 Å². The number of carbonyl (C=O) groups excluding carboxylic acids is 2. The number of nitrogens with zero attached hydrogens (tertiary/aromatic N) is 2. The minimum absolute atomic E-state index is 0.00200. The number of aryl methyl sites for hydroxylation is 1. The van der Waals surface area contributed by atoms with Crippen molar-refractivity contribution in [1.29, 1.82) is 0 Å². The number of rotatable bonds is 8. The highest BCUT2D eigenvalue weighted by Crippen LogP contribution is 2.42. The number of benzene rings is 2. The number of phenols is 1. The average molecular weight is 455 g/mol. The fourth-order valence-electron chi connectivity index (χ4n) is 4.06. The van der Waals surface area contributed by atoms with Crippen LogP contribution in [0.5, 0.6) is 17.2 Å². The lowest BCUT2D eigenvalue weighted by Crippen LogP contribution is -2.32. The third kappa shape index (κ3) is 4.80. The Morgan fingerprint density at radius 1 is 1.06 bits per heavy atom. The van der Waals surface area contributed by atoms with Crippen LogP contribution in [0, 0.1) is 6.92 Å². The molecule has 0 radical (unpaired) electrons. The van der Waals surface area contributed by atoms with Crippen molar-refractivity contribution in [1.82, 2.24) is 9.80 Å². The lowest BCUT2D eigenvalue weighted by Gasteiger charge is -2.26. The molecule has 1 aliphatic heterocycles. The lowest BCUT2D eigenvalue weighted by atomic mass is 9.94. The molecule has 0 bridgehead atoms. The highest BCUT2D eigenvalue weighted by Gasteiger charge is 2.46. The fraction of sp³-hybridized carbons (Fsp3) is 0.360. The summed E-state index contributed by atoms with van der Waals surface area (Å²) in [7, 11) is 6.84. The molecule has 0 saturated carbocycles. The number of amides is 1. The summed E-state index contributed by atoms with van der Waals surface area (Å²) in [6.07, 6.45) is 0.646. The maximum atomic E-state index is 13.1. The largest absolute Gasteiger partial charge is 0.507 e. The predicted molar refractivity (Wildman–Crippen MR) is 125 cm³/mol. The van der Waals surface area contributed by atoms with Gasteiger partial charge in [-0.3, -0.25) is 9.59 Å². The van der Waals surface area contributed by atoms with Crippen molar-refractivity contribution in [3.8, 4) is 17.2 Å². The standard InChI is InChI=1S/C25H30N2O6/c1-15-13-17(8-10-19(15)32-4)23(29)21-22(16-7-9-18(28)20(14-16)33-5)27(25(31)24(21)30)12-6-11-26(2)3/h7-10,13-14,22,28-29H,6,11-12H2,1-5H3/t22-/m0/s1. The molecule has 8 heteroatoms. The van der Waals surface area contributed by atoms with Crippen LogP contribution in [0.4, 0.5) is 0 Å². The molecule has 1 amide bonds. The number of phenolic OH excluding ortho intramolecular Hbond substituents is 1. The third-order valence-electron chi connectivity index (χ3n) is 5.73. The molecule has 1 atom stereocenters. The number of likely N-dealkylation sites (tertiary alicyclic amines) is 1. The molecular formula is C25H30N2O6. The maximum absolute atomic E-state index is 13.1. The summed E-state index contributed by atoms with van der Waals surface area (Å²) < 4.78 is 10.5. The summed E-state index contributed by atoms with van der Waals surface area (Å²) >= 11 is 0. The molecule has 33 heavy (non-hydrogen) atoms. The monoisotopic (exact) mass is 454 g/mol. The number of hydrogen-bond donors (Lipinski definition) is 2. The minimum atomic E-state index is -0.816. The second kappa shape index (κ2) is 9.95. The van der Waals surface area contributed by atoms with Gasteiger partial charge in [-0.2, -0.15) is 0 Å². The fourth-order valence-corrected chi connectivity index (χ4v) is 4.06. The molecule has 1 aliphatic rings. The normalized spacial score (nSPS) is 17.6. The highest BCUT2D eigenvalue weighted by molar-refractivity contribution is 6.46. The van der Waals surface area contributed by atoms with E-state index in [9.17, 15) is 19.8 Å². The van der Waals surface area contributed by atoms with Crippen LogP contribution in [0.25, 0.3) is 5.76 Å². The Balaban J connectivity index is 2.15. The molecule has 176 valence electrons. The molecule has 3 rings (SSSR count). The summed E-state index contributed by atoms with van der Waals surface area (Å²) in [6.45, 7) is 2.89. The van der Waals surface area contributed by atoms with Crippen molar-refractivity contribution in [2.45, 2.75) is 19.4 Å². The summed E-state index contributed by atoms with van der Waals surface area (Å²) in [4.78, 5) is 29.6. The van der Waals surface area contributed by atoms with Crippen LogP contribution in [0.3, 0.4) is 0 Å². The topological polar surface area (TPSA) is 99.5 Å². The van der Waals surface area contributed by atoms with Crippen LogP contribution in [-0.4, -0.2) is 73.1 Å². The van der Waals surface area contributed by atoms with Gasteiger partial charge in [-0.1, -0.05) is 6.07 Å². The van der Waals surface area contributed by atoms with Crippen molar-refractivity contribution in [2.24, 2.45) is 0 Å². The quantitative estimate of drug-likeness (QED) is 0.359. The van der Waals surface area contributed by atoms with Gasteiger partial charge < -0.3 is 29.5 Å². The number of carbonyl (C=O) groups is 2. The predicted octanol–water partition coefficient (Wildman–Crippen LogP) is 3.09. The molecule has 1 saturated heterocycles. The molecule has 0 spiro atoms. The van der Waals surface area contributed by atoms with Crippen LogP contribution < -0.4 is 9.47 Å². The van der Waals surface area contributed by atoms with E-state index in [2.05, 4.69) is 0 Å². The Bertz CT molecular complexity index is 1090. The second-order valence-electron chi connectivity index (χ2n) is 8.27. The van der Waals surface area contributed by atoms with E-state index in [0.29, 0.717) is 29.8 Å². The highest BCUT2D eigenvalue weighted by atomic mass is 16.5. The van der Waals surface area contributed by atoms with Crippen LogP contribution >= 0.6 is 0 Å². The minimum Gasteiger partial charge on any atom is -0.507 e. The first kappa shape index (κ1) is 24.1. The van der Waals surface area contributed by atoms with Gasteiger partial charge in [-0.05, 0) is 75.4 Å². The molecule has 0 aromatic heterocycles. The molecular weight excluding hydrogens is 424 g/mol. The number of hydrogen-bond acceptors (Lipinski definition) is 7. The van der Waals surface area contributed by atoms with E-state index in [1.165, 1.54) is 18.1 Å². The number of aliphatic hydroxyl groups is 1. The van der Waals surface area contributed by atoms with Gasteiger partial charge in [-0.25, -0.2) is 0 Å². The van der Waals surface area contributed by atoms with Crippen LogP contribution in [-0.2, 0) is 9.59 Å². The maximum Gasteiger partial charge on any atom is 0.295 e.